The lowest BCUT2D eigenvalue weighted by molar-refractivity contribution is -0.148. The molecule has 1 aromatic heterocycles. The molecule has 1 aliphatic rings. The summed E-state index contributed by atoms with van der Waals surface area (Å²) in [6.07, 6.45) is 2.73. The van der Waals surface area contributed by atoms with E-state index in [4.69, 9.17) is 18.9 Å². The van der Waals surface area contributed by atoms with Crippen LogP contribution in [0.2, 0.25) is 0 Å². The number of thiazole rings is 1. The Morgan fingerprint density at radius 1 is 0.922 bits per heavy atom. The summed E-state index contributed by atoms with van der Waals surface area (Å²) in [5.74, 6) is -1.82. The highest BCUT2D eigenvalue weighted by Gasteiger charge is 2.43. The van der Waals surface area contributed by atoms with E-state index in [0.29, 0.717) is 39.0 Å². The summed E-state index contributed by atoms with van der Waals surface area (Å²) >= 11 is 1.50. The van der Waals surface area contributed by atoms with Crippen LogP contribution in [0.15, 0.2) is 41.9 Å². The number of aromatic nitrogens is 1. The molecule has 64 heavy (non-hydrogen) atoms. The Morgan fingerprint density at radius 2 is 1.62 bits per heavy atom. The molecule has 16 nitrogen and oxygen atoms in total. The van der Waals surface area contributed by atoms with Gasteiger partial charge in [-0.05, 0) is 49.6 Å². The van der Waals surface area contributed by atoms with E-state index in [1.54, 1.807) is 32.4 Å². The van der Waals surface area contributed by atoms with Crippen LogP contribution in [0.4, 0.5) is 4.79 Å². The molecule has 1 aromatic carbocycles. The molecule has 0 aliphatic carbocycles. The van der Waals surface area contributed by atoms with E-state index in [9.17, 15) is 24.0 Å². The third-order valence-electron chi connectivity index (χ3n) is 12.5. The second-order valence-electron chi connectivity index (χ2n) is 17.6. The molecule has 9 atom stereocenters. The monoisotopic (exact) mass is 916 g/mol. The molecular weight excluding hydrogens is 839 g/mol. The normalized spacial score (nSPS) is 17.9. The van der Waals surface area contributed by atoms with Gasteiger partial charge in [0.15, 0.2) is 0 Å². The Kier molecular flexibility index (Phi) is 23.1. The number of nitrogens with one attached hydrogen (secondary N) is 3. The van der Waals surface area contributed by atoms with Gasteiger partial charge in [-0.15, -0.1) is 11.3 Å². The number of amides is 5. The lowest BCUT2D eigenvalue weighted by Crippen LogP contribution is -2.60. The van der Waals surface area contributed by atoms with Crippen molar-refractivity contribution in [2.45, 2.75) is 123 Å². The van der Waals surface area contributed by atoms with Crippen molar-refractivity contribution in [2.24, 2.45) is 23.7 Å². The molecule has 360 valence electrons. The molecule has 3 N–H and O–H groups in total. The van der Waals surface area contributed by atoms with Crippen LogP contribution in [-0.4, -0.2) is 154 Å². The molecule has 1 saturated heterocycles. The summed E-state index contributed by atoms with van der Waals surface area (Å²) in [6.45, 7) is 15.2. The Hall–Kier alpha value is -4.16. The molecule has 2 heterocycles. The SMILES string of the molecule is CCC(C)C(C(CC(=O)N1CCC[C@H]1C(OC)C(C)C(=O)NC(Cc1ccccc1)c1nccs1)OC)N(C)C(=O)C(NC(=O)C(C(C)C)N(C)CCOCCOC(=O)NC)C(C)C. The third kappa shape index (κ3) is 15.5. The lowest BCUT2D eigenvalue weighted by atomic mass is 9.89. The first-order valence-electron chi connectivity index (χ1n) is 22.8. The second kappa shape index (κ2) is 27.3. The first kappa shape index (κ1) is 54.2. The molecule has 0 spiro atoms. The minimum Gasteiger partial charge on any atom is -0.447 e. The average Bonchev–Trinajstić information content (AvgIpc) is 4.00. The van der Waals surface area contributed by atoms with Crippen LogP contribution in [0, 0.1) is 23.7 Å². The predicted molar refractivity (Wildman–Crippen MR) is 249 cm³/mol. The largest absolute Gasteiger partial charge is 0.447 e. The number of carbonyl (C=O) groups is 5. The Morgan fingerprint density at radius 3 is 2.20 bits per heavy atom. The van der Waals surface area contributed by atoms with E-state index in [-0.39, 0.29) is 73.1 Å². The molecule has 1 aliphatic heterocycles. The summed E-state index contributed by atoms with van der Waals surface area (Å²) in [6, 6.07) is 7.44. The van der Waals surface area contributed by atoms with Crippen LogP contribution in [-0.2, 0) is 44.5 Å². The van der Waals surface area contributed by atoms with Crippen LogP contribution in [0.5, 0.6) is 0 Å². The number of ether oxygens (including phenoxy) is 4. The van der Waals surface area contributed by atoms with Crippen LogP contribution >= 0.6 is 11.3 Å². The summed E-state index contributed by atoms with van der Waals surface area (Å²) < 4.78 is 22.7. The molecule has 3 rings (SSSR count). The number of nitrogens with zero attached hydrogens (tertiary/aromatic N) is 4. The van der Waals surface area contributed by atoms with Crippen LogP contribution in [0.3, 0.4) is 0 Å². The molecule has 1 fully saturated rings. The summed E-state index contributed by atoms with van der Waals surface area (Å²) in [4.78, 5) is 78.1. The standard InChI is InChI=1S/C47H77N7O9S/c1-13-32(6)41(53(10)46(58)39(30(2)3)51-44(57)40(31(4)5)52(9)23-24-62-25-26-63-47(59)48-8)37(60-11)29-38(55)54-22-17-20-36(54)42(61-12)33(7)43(56)50-35(45-49-21-27-64-45)28-34-18-15-14-16-19-34/h14-16,18-19,21,27,30-33,35-37,39-42H,13,17,20,22-26,28-29H2,1-12H3,(H,48,59)(H,50,56)(H,51,57)/t32?,33?,35?,36-,37?,39?,40?,41?,42?/m0/s1. The minimum atomic E-state index is -0.842. The maximum absolute atomic E-state index is 14.6. The maximum Gasteiger partial charge on any atom is 0.406 e. The maximum atomic E-state index is 14.6. The first-order valence-corrected chi connectivity index (χ1v) is 23.7. The number of rotatable bonds is 27. The number of methoxy groups -OCH3 is 2. The van der Waals surface area contributed by atoms with Gasteiger partial charge in [0.2, 0.25) is 23.6 Å². The van der Waals surface area contributed by atoms with Crippen molar-refractivity contribution < 1.29 is 42.9 Å². The lowest BCUT2D eigenvalue weighted by Gasteiger charge is -2.41. The molecule has 5 amide bonds. The van der Waals surface area contributed by atoms with Gasteiger partial charge >= 0.3 is 6.09 Å². The van der Waals surface area contributed by atoms with E-state index in [1.807, 2.05) is 101 Å². The van der Waals surface area contributed by atoms with Gasteiger partial charge in [0.25, 0.3) is 0 Å². The zero-order valence-electron chi connectivity index (χ0n) is 40.3. The number of likely N-dealkylation sites (tertiary alicyclic amines) is 1. The van der Waals surface area contributed by atoms with Gasteiger partial charge < -0.3 is 44.7 Å². The van der Waals surface area contributed by atoms with Crippen molar-refractivity contribution in [3.05, 3.63) is 52.5 Å². The van der Waals surface area contributed by atoms with E-state index >= 15 is 0 Å². The van der Waals surface area contributed by atoms with Gasteiger partial charge in [-0.3, -0.25) is 24.1 Å². The molecule has 17 heteroatoms. The van der Waals surface area contributed by atoms with E-state index in [0.717, 1.165) is 17.0 Å². The highest BCUT2D eigenvalue weighted by atomic mass is 32.1. The topological polar surface area (TPSA) is 181 Å². The molecule has 0 bridgehead atoms. The first-order chi connectivity index (χ1) is 30.5. The quantitative estimate of drug-likeness (QED) is 0.104. The average molecular weight is 916 g/mol. The van der Waals surface area contributed by atoms with Gasteiger partial charge in [0.1, 0.15) is 17.7 Å². The van der Waals surface area contributed by atoms with Crippen molar-refractivity contribution in [1.29, 1.82) is 0 Å². The number of carbonyl (C=O) groups excluding carboxylic acids is 5. The Bertz CT molecular complexity index is 1720. The Balaban J connectivity index is 1.73. The number of benzene rings is 1. The van der Waals surface area contributed by atoms with Crippen molar-refractivity contribution in [3.8, 4) is 0 Å². The molecule has 0 radical (unpaired) electrons. The van der Waals surface area contributed by atoms with Crippen LogP contribution in [0.25, 0.3) is 0 Å². The molecule has 8 unspecified atom stereocenters. The van der Waals surface area contributed by atoms with Crippen molar-refractivity contribution in [2.75, 3.05) is 68.3 Å². The zero-order chi connectivity index (χ0) is 47.5. The zero-order valence-corrected chi connectivity index (χ0v) is 41.2. The van der Waals surface area contributed by atoms with Crippen molar-refractivity contribution in [3.63, 3.8) is 0 Å². The number of hydrogen-bond acceptors (Lipinski definition) is 12. The fourth-order valence-corrected chi connectivity index (χ4v) is 9.45. The van der Waals surface area contributed by atoms with E-state index < -0.39 is 42.3 Å². The Labute approximate surface area is 385 Å². The van der Waals surface area contributed by atoms with Crippen LogP contribution < -0.4 is 16.0 Å². The van der Waals surface area contributed by atoms with Gasteiger partial charge in [-0.25, -0.2) is 9.78 Å². The predicted octanol–water partition coefficient (Wildman–Crippen LogP) is 4.93. The molecule has 0 saturated carbocycles. The summed E-state index contributed by atoms with van der Waals surface area (Å²) in [5, 5.41) is 11.4. The molecular formula is C47H77N7O9S. The van der Waals surface area contributed by atoms with Crippen molar-refractivity contribution >= 4 is 41.1 Å². The number of hydrogen-bond donors (Lipinski definition) is 3. The van der Waals surface area contributed by atoms with Gasteiger partial charge in [-0.2, -0.15) is 0 Å². The van der Waals surface area contributed by atoms with E-state index in [1.165, 1.54) is 18.4 Å². The van der Waals surface area contributed by atoms with Gasteiger partial charge in [0.05, 0.1) is 61.9 Å². The minimum absolute atomic E-state index is 0.0127. The third-order valence-corrected chi connectivity index (χ3v) is 13.4. The fraction of sp³-hybridized carbons (Fsp3) is 0.702. The van der Waals surface area contributed by atoms with Crippen molar-refractivity contribution in [1.82, 2.24) is 35.6 Å². The van der Waals surface area contributed by atoms with Crippen LogP contribution in [0.1, 0.15) is 90.8 Å². The summed E-state index contributed by atoms with van der Waals surface area (Å²) in [7, 11) is 8.20. The van der Waals surface area contributed by atoms with Gasteiger partial charge in [0, 0.05) is 53.0 Å². The summed E-state index contributed by atoms with van der Waals surface area (Å²) in [5.41, 5.74) is 1.08. The van der Waals surface area contributed by atoms with E-state index in [2.05, 4.69) is 20.9 Å². The van der Waals surface area contributed by atoms with Gasteiger partial charge in [-0.1, -0.05) is 85.2 Å². The number of likely N-dealkylation sites (N-methyl/N-ethyl adjacent to an activating group) is 2. The second-order valence-corrected chi connectivity index (χ2v) is 18.5. The fourth-order valence-electron chi connectivity index (χ4n) is 8.76. The smallest absolute Gasteiger partial charge is 0.406 e. The molecule has 2 aromatic rings. The highest BCUT2D eigenvalue weighted by Crippen LogP contribution is 2.30. The highest BCUT2D eigenvalue weighted by molar-refractivity contribution is 7.09. The number of alkyl carbamates (subject to hydrolysis) is 1.